The highest BCUT2D eigenvalue weighted by molar-refractivity contribution is 5.29. The average Bonchev–Trinajstić information content (AvgIpc) is 2.19. The van der Waals surface area contributed by atoms with Gasteiger partial charge in [0.15, 0.2) is 0 Å². The molecule has 2 rings (SSSR count). The molecule has 1 atom stereocenters. The zero-order valence-corrected chi connectivity index (χ0v) is 7.86. The first kappa shape index (κ1) is 8.36. The predicted molar refractivity (Wildman–Crippen MR) is 54.2 cm³/mol. The second kappa shape index (κ2) is 3.65. The summed E-state index contributed by atoms with van der Waals surface area (Å²) >= 11 is 0. The molecule has 0 aromatic heterocycles. The van der Waals surface area contributed by atoms with Gasteiger partial charge in [0.25, 0.3) is 0 Å². The van der Waals surface area contributed by atoms with Crippen LogP contribution in [0.15, 0.2) is 47.8 Å². The molecule has 0 aromatic rings. The Labute approximate surface area is 79.1 Å². The van der Waals surface area contributed by atoms with Crippen molar-refractivity contribution in [2.45, 2.75) is 25.9 Å². The zero-order chi connectivity index (χ0) is 9.10. The molecule has 13 heavy (non-hydrogen) atoms. The Morgan fingerprint density at radius 3 is 3.00 bits per heavy atom. The third-order valence-corrected chi connectivity index (χ3v) is 2.37. The second-order valence-electron chi connectivity index (χ2n) is 3.46. The Hall–Kier alpha value is -1.24. The topological polar surface area (TPSA) is 9.23 Å². The minimum absolute atomic E-state index is 0.176. The first-order valence-electron chi connectivity index (χ1n) is 4.70. The van der Waals surface area contributed by atoms with Gasteiger partial charge < -0.3 is 4.74 Å². The maximum Gasteiger partial charge on any atom is 0.138 e. The molecule has 1 unspecified atom stereocenters. The first-order valence-corrected chi connectivity index (χ1v) is 4.70. The van der Waals surface area contributed by atoms with E-state index in [1.54, 1.807) is 6.26 Å². The third-order valence-electron chi connectivity index (χ3n) is 2.37. The van der Waals surface area contributed by atoms with Gasteiger partial charge in [0.05, 0.1) is 6.26 Å². The van der Waals surface area contributed by atoms with E-state index < -0.39 is 0 Å². The monoisotopic (exact) mass is 174 g/mol. The van der Waals surface area contributed by atoms with E-state index >= 15 is 0 Å². The fourth-order valence-corrected chi connectivity index (χ4v) is 1.61. The van der Waals surface area contributed by atoms with Gasteiger partial charge in [-0.3, -0.25) is 0 Å². The summed E-state index contributed by atoms with van der Waals surface area (Å²) in [5.74, 6) is 0. The summed E-state index contributed by atoms with van der Waals surface area (Å²) in [5.41, 5.74) is 2.66. The minimum Gasteiger partial charge on any atom is -0.490 e. The Morgan fingerprint density at radius 2 is 2.31 bits per heavy atom. The second-order valence-corrected chi connectivity index (χ2v) is 3.46. The lowest BCUT2D eigenvalue weighted by atomic mass is 9.98. The maximum absolute atomic E-state index is 5.53. The maximum atomic E-state index is 5.53. The van der Waals surface area contributed by atoms with Crippen LogP contribution in [0.3, 0.4) is 0 Å². The molecular formula is C12H14O. The van der Waals surface area contributed by atoms with Gasteiger partial charge in [-0.15, -0.1) is 0 Å². The van der Waals surface area contributed by atoms with Crippen LogP contribution in [0.5, 0.6) is 0 Å². The van der Waals surface area contributed by atoms with Crippen LogP contribution in [0.4, 0.5) is 0 Å². The van der Waals surface area contributed by atoms with E-state index in [0.717, 1.165) is 12.8 Å². The molecule has 0 saturated heterocycles. The van der Waals surface area contributed by atoms with Crippen LogP contribution < -0.4 is 0 Å². The first-order chi connectivity index (χ1) is 6.36. The van der Waals surface area contributed by atoms with Gasteiger partial charge >= 0.3 is 0 Å². The Kier molecular flexibility index (Phi) is 2.35. The summed E-state index contributed by atoms with van der Waals surface area (Å²) in [5, 5.41) is 0. The minimum atomic E-state index is 0.176. The lowest BCUT2D eigenvalue weighted by molar-refractivity contribution is 0.210. The largest absolute Gasteiger partial charge is 0.490 e. The van der Waals surface area contributed by atoms with Crippen molar-refractivity contribution in [3.05, 3.63) is 47.8 Å². The smallest absolute Gasteiger partial charge is 0.138 e. The van der Waals surface area contributed by atoms with Crippen molar-refractivity contribution in [2.75, 3.05) is 0 Å². The van der Waals surface area contributed by atoms with Gasteiger partial charge in [0.1, 0.15) is 6.10 Å². The van der Waals surface area contributed by atoms with Crippen LogP contribution in [-0.4, -0.2) is 6.10 Å². The molecule has 0 amide bonds. The van der Waals surface area contributed by atoms with Crippen LogP contribution in [0, 0.1) is 0 Å². The van der Waals surface area contributed by atoms with Crippen molar-refractivity contribution in [1.29, 1.82) is 0 Å². The molecule has 1 aliphatic heterocycles. The van der Waals surface area contributed by atoms with Crippen molar-refractivity contribution >= 4 is 0 Å². The van der Waals surface area contributed by atoms with Gasteiger partial charge in [0.2, 0.25) is 0 Å². The number of allylic oxidation sites excluding steroid dienone is 5. The lowest BCUT2D eigenvalue weighted by Gasteiger charge is -2.20. The molecule has 68 valence electrons. The van der Waals surface area contributed by atoms with Crippen molar-refractivity contribution in [1.82, 2.24) is 0 Å². The number of rotatable bonds is 1. The quantitative estimate of drug-likeness (QED) is 0.555. The van der Waals surface area contributed by atoms with E-state index in [4.69, 9.17) is 4.74 Å². The van der Waals surface area contributed by atoms with E-state index in [0.29, 0.717) is 0 Å². The normalized spacial score (nSPS) is 26.4. The summed E-state index contributed by atoms with van der Waals surface area (Å²) in [6.07, 6.45) is 14.9. The summed E-state index contributed by atoms with van der Waals surface area (Å²) < 4.78 is 5.53. The Morgan fingerprint density at radius 1 is 1.38 bits per heavy atom. The number of hydrogen-bond acceptors (Lipinski definition) is 1. The van der Waals surface area contributed by atoms with Crippen LogP contribution in [0.25, 0.3) is 0 Å². The zero-order valence-electron chi connectivity index (χ0n) is 7.86. The average molecular weight is 174 g/mol. The fraction of sp³-hybridized carbons (Fsp3) is 0.333. The molecule has 0 radical (unpaired) electrons. The van der Waals surface area contributed by atoms with E-state index in [1.807, 2.05) is 6.08 Å². The molecule has 2 aliphatic rings. The molecule has 0 fully saturated rings. The van der Waals surface area contributed by atoms with E-state index in [9.17, 15) is 0 Å². The van der Waals surface area contributed by atoms with E-state index in [-0.39, 0.29) is 6.10 Å². The molecule has 0 saturated carbocycles. The van der Waals surface area contributed by atoms with E-state index in [2.05, 4.69) is 31.2 Å². The van der Waals surface area contributed by atoms with Crippen LogP contribution in [-0.2, 0) is 4.74 Å². The molecule has 1 nitrogen and oxygen atoms in total. The highest BCUT2D eigenvalue weighted by atomic mass is 16.5. The summed E-state index contributed by atoms with van der Waals surface area (Å²) in [7, 11) is 0. The van der Waals surface area contributed by atoms with E-state index in [1.165, 1.54) is 11.1 Å². The van der Waals surface area contributed by atoms with Gasteiger partial charge in [-0.05, 0) is 43.1 Å². The SMILES string of the molecule is CC1=CC(C2=CCC=CC2)OC=C1. The highest BCUT2D eigenvalue weighted by Crippen LogP contribution is 2.22. The molecule has 0 N–H and O–H groups in total. The van der Waals surface area contributed by atoms with Crippen molar-refractivity contribution in [3.8, 4) is 0 Å². The summed E-state index contributed by atoms with van der Waals surface area (Å²) in [4.78, 5) is 0. The van der Waals surface area contributed by atoms with Crippen LogP contribution in [0.2, 0.25) is 0 Å². The summed E-state index contributed by atoms with van der Waals surface area (Å²) in [6, 6.07) is 0. The molecule has 0 spiro atoms. The van der Waals surface area contributed by atoms with Crippen molar-refractivity contribution < 1.29 is 4.74 Å². The van der Waals surface area contributed by atoms with Crippen LogP contribution in [0.1, 0.15) is 19.8 Å². The number of ether oxygens (including phenoxy) is 1. The standard InChI is InChI=1S/C12H14O/c1-10-7-8-13-12(9-10)11-5-3-2-4-6-11/h2-3,6-9,12H,4-5H2,1H3. The fourth-order valence-electron chi connectivity index (χ4n) is 1.61. The molecular weight excluding hydrogens is 160 g/mol. The third kappa shape index (κ3) is 1.92. The molecule has 1 heterocycles. The van der Waals surface area contributed by atoms with Gasteiger partial charge in [-0.2, -0.15) is 0 Å². The van der Waals surface area contributed by atoms with Gasteiger partial charge in [-0.25, -0.2) is 0 Å². The molecule has 0 aromatic carbocycles. The Balaban J connectivity index is 2.09. The van der Waals surface area contributed by atoms with Crippen LogP contribution >= 0.6 is 0 Å². The van der Waals surface area contributed by atoms with Crippen molar-refractivity contribution in [3.63, 3.8) is 0 Å². The molecule has 0 bridgehead atoms. The Bertz CT molecular complexity index is 305. The van der Waals surface area contributed by atoms with Gasteiger partial charge in [-0.1, -0.05) is 18.2 Å². The number of hydrogen-bond donors (Lipinski definition) is 0. The summed E-state index contributed by atoms with van der Waals surface area (Å²) in [6.45, 7) is 2.10. The van der Waals surface area contributed by atoms with Crippen molar-refractivity contribution in [2.24, 2.45) is 0 Å². The predicted octanol–water partition coefficient (Wildman–Crippen LogP) is 3.12. The lowest BCUT2D eigenvalue weighted by Crippen LogP contribution is -2.13. The van der Waals surface area contributed by atoms with Gasteiger partial charge in [0, 0.05) is 0 Å². The molecule has 1 aliphatic carbocycles. The highest BCUT2D eigenvalue weighted by Gasteiger charge is 2.13. The molecule has 1 heteroatoms.